The Morgan fingerprint density at radius 2 is 1.76 bits per heavy atom. The van der Waals surface area contributed by atoms with Crippen molar-refractivity contribution in [3.05, 3.63) is 88.2 Å². The molecule has 10 heteroatoms. The van der Waals surface area contributed by atoms with Crippen LogP contribution in [0.3, 0.4) is 0 Å². The molecule has 0 aliphatic rings. The summed E-state index contributed by atoms with van der Waals surface area (Å²) in [7, 11) is -3.73. The van der Waals surface area contributed by atoms with Crippen LogP contribution in [-0.2, 0) is 35.2 Å². The molecule has 4 aromatic rings. The van der Waals surface area contributed by atoms with Crippen LogP contribution in [-0.4, -0.2) is 35.1 Å². The van der Waals surface area contributed by atoms with Gasteiger partial charge in [0.25, 0.3) is 5.91 Å². The first-order chi connectivity index (χ1) is 19.5. The van der Waals surface area contributed by atoms with Crippen molar-refractivity contribution in [2.24, 2.45) is 0 Å². The van der Waals surface area contributed by atoms with Crippen molar-refractivity contribution in [2.45, 2.75) is 79.1 Å². The van der Waals surface area contributed by atoms with Gasteiger partial charge in [0.15, 0.2) is 5.82 Å². The SMILES string of the molecule is CCCc1nc(CC)c(C(=O)NC(C)C)n1Cc1ccc(-c2ccccc2CS(=O)(=O)Nc2noc(C)c2C)cc1. The largest absolute Gasteiger partial charge is 0.359 e. The summed E-state index contributed by atoms with van der Waals surface area (Å²) in [5.41, 5.74) is 5.51. The highest BCUT2D eigenvalue weighted by atomic mass is 32.2. The number of hydrogen-bond acceptors (Lipinski definition) is 6. The van der Waals surface area contributed by atoms with Gasteiger partial charge in [-0.25, -0.2) is 13.4 Å². The predicted molar refractivity (Wildman–Crippen MR) is 161 cm³/mol. The van der Waals surface area contributed by atoms with Crippen LogP contribution in [0, 0.1) is 13.8 Å². The van der Waals surface area contributed by atoms with E-state index in [1.807, 2.05) is 73.9 Å². The first kappa shape index (κ1) is 30.0. The third-order valence-corrected chi connectivity index (χ3v) is 8.14. The van der Waals surface area contributed by atoms with Gasteiger partial charge in [-0.3, -0.25) is 9.52 Å². The van der Waals surface area contributed by atoms with Crippen molar-refractivity contribution in [1.29, 1.82) is 0 Å². The number of rotatable bonds is 12. The number of anilines is 1. The summed E-state index contributed by atoms with van der Waals surface area (Å²) in [5, 5.41) is 6.85. The topological polar surface area (TPSA) is 119 Å². The average molecular weight is 578 g/mol. The minimum absolute atomic E-state index is 0.0210. The van der Waals surface area contributed by atoms with E-state index >= 15 is 0 Å². The monoisotopic (exact) mass is 577 g/mol. The minimum Gasteiger partial charge on any atom is -0.359 e. The fourth-order valence-corrected chi connectivity index (χ4v) is 5.99. The van der Waals surface area contributed by atoms with Gasteiger partial charge in [-0.05, 0) is 62.8 Å². The maximum Gasteiger partial charge on any atom is 0.270 e. The lowest BCUT2D eigenvalue weighted by Crippen LogP contribution is -2.32. The molecule has 2 N–H and O–H groups in total. The van der Waals surface area contributed by atoms with Crippen molar-refractivity contribution >= 4 is 21.7 Å². The Labute approximate surface area is 242 Å². The Morgan fingerprint density at radius 1 is 1.05 bits per heavy atom. The van der Waals surface area contributed by atoms with Crippen LogP contribution in [0.25, 0.3) is 11.1 Å². The molecule has 41 heavy (non-hydrogen) atoms. The molecule has 0 aliphatic carbocycles. The predicted octanol–water partition coefficient (Wildman–Crippen LogP) is 5.80. The number of nitrogens with zero attached hydrogens (tertiary/aromatic N) is 3. The fourth-order valence-electron chi connectivity index (χ4n) is 4.77. The number of imidazole rings is 1. The molecule has 1 amide bonds. The van der Waals surface area contributed by atoms with Crippen LogP contribution >= 0.6 is 0 Å². The highest BCUT2D eigenvalue weighted by Gasteiger charge is 2.23. The molecule has 0 saturated heterocycles. The van der Waals surface area contributed by atoms with Crippen LogP contribution < -0.4 is 10.0 Å². The van der Waals surface area contributed by atoms with Crippen LogP contribution in [0.1, 0.15) is 78.6 Å². The molecule has 0 saturated carbocycles. The fraction of sp³-hybridized carbons (Fsp3) is 0.387. The maximum absolute atomic E-state index is 13.2. The number of amides is 1. The third-order valence-electron chi connectivity index (χ3n) is 6.94. The zero-order chi connectivity index (χ0) is 29.7. The lowest BCUT2D eigenvalue weighted by molar-refractivity contribution is 0.0932. The molecule has 9 nitrogen and oxygen atoms in total. The maximum atomic E-state index is 13.2. The van der Waals surface area contributed by atoms with E-state index in [1.54, 1.807) is 13.8 Å². The molecule has 2 aromatic heterocycles. The van der Waals surface area contributed by atoms with E-state index in [4.69, 9.17) is 9.51 Å². The Balaban J connectivity index is 1.60. The second-order valence-corrected chi connectivity index (χ2v) is 12.3. The van der Waals surface area contributed by atoms with Gasteiger partial charge >= 0.3 is 0 Å². The van der Waals surface area contributed by atoms with Crippen molar-refractivity contribution in [3.8, 4) is 11.1 Å². The van der Waals surface area contributed by atoms with E-state index in [2.05, 4.69) is 22.1 Å². The van der Waals surface area contributed by atoms with E-state index < -0.39 is 10.0 Å². The number of carbonyl (C=O) groups excluding carboxylic acids is 1. The standard InChI is InChI=1S/C31H39N5O4S/c1-7-11-28-33-27(8-2)29(31(37)32-20(3)4)36(28)18-23-14-16-24(17-15-23)26-13-10-9-12-25(26)19-41(38,39)35-30-21(5)22(6)40-34-30/h9-10,12-17,20H,7-8,11,18-19H2,1-6H3,(H,32,37)(H,34,35). The van der Waals surface area contributed by atoms with Crippen LogP contribution in [0.4, 0.5) is 5.82 Å². The Kier molecular flexibility index (Phi) is 9.32. The van der Waals surface area contributed by atoms with Gasteiger partial charge in [-0.15, -0.1) is 0 Å². The van der Waals surface area contributed by atoms with Gasteiger partial charge in [-0.2, -0.15) is 0 Å². The van der Waals surface area contributed by atoms with Crippen molar-refractivity contribution in [2.75, 3.05) is 4.72 Å². The molecule has 0 bridgehead atoms. The summed E-state index contributed by atoms with van der Waals surface area (Å²) < 4.78 is 35.7. The Bertz CT molecular complexity index is 1620. The number of sulfonamides is 1. The normalized spacial score (nSPS) is 11.7. The summed E-state index contributed by atoms with van der Waals surface area (Å²) in [6.07, 6.45) is 2.38. The molecule has 0 atom stereocenters. The molecule has 2 heterocycles. The quantitative estimate of drug-likeness (QED) is 0.220. The van der Waals surface area contributed by atoms with E-state index in [0.29, 0.717) is 35.5 Å². The van der Waals surface area contributed by atoms with Gasteiger partial charge in [0.1, 0.15) is 17.3 Å². The zero-order valence-electron chi connectivity index (χ0n) is 24.6. The van der Waals surface area contributed by atoms with Gasteiger partial charge < -0.3 is 14.4 Å². The average Bonchev–Trinajstić information content (AvgIpc) is 3.43. The molecule has 0 radical (unpaired) electrons. The highest BCUT2D eigenvalue weighted by molar-refractivity contribution is 7.91. The highest BCUT2D eigenvalue weighted by Crippen LogP contribution is 2.27. The van der Waals surface area contributed by atoms with Crippen LogP contribution in [0.2, 0.25) is 0 Å². The van der Waals surface area contributed by atoms with Crippen molar-refractivity contribution in [1.82, 2.24) is 20.0 Å². The second-order valence-electron chi connectivity index (χ2n) is 10.6. The lowest BCUT2D eigenvalue weighted by atomic mass is 9.99. The van der Waals surface area contributed by atoms with Crippen LogP contribution in [0.5, 0.6) is 0 Å². The molecular formula is C31H39N5O4S. The minimum atomic E-state index is -3.73. The third kappa shape index (κ3) is 7.05. The molecule has 0 fully saturated rings. The molecule has 0 unspecified atom stereocenters. The molecule has 2 aromatic carbocycles. The van der Waals surface area contributed by atoms with Gasteiger partial charge in [0.05, 0.1) is 11.4 Å². The van der Waals surface area contributed by atoms with Crippen molar-refractivity contribution in [3.63, 3.8) is 0 Å². The molecular weight excluding hydrogens is 538 g/mol. The summed E-state index contributed by atoms with van der Waals surface area (Å²) in [5.74, 6) is 1.36. The Morgan fingerprint density at radius 3 is 2.37 bits per heavy atom. The van der Waals surface area contributed by atoms with E-state index in [9.17, 15) is 13.2 Å². The first-order valence-electron chi connectivity index (χ1n) is 14.0. The second kappa shape index (κ2) is 12.7. The van der Waals surface area contributed by atoms with E-state index in [1.165, 1.54) is 0 Å². The first-order valence-corrected chi connectivity index (χ1v) is 15.7. The van der Waals surface area contributed by atoms with Gasteiger partial charge in [-0.1, -0.05) is 67.5 Å². The number of carbonyl (C=O) groups is 1. The van der Waals surface area contributed by atoms with Gasteiger partial charge in [0, 0.05) is 24.6 Å². The Hall–Kier alpha value is -3.92. The number of nitrogens with one attached hydrogen (secondary N) is 2. The summed E-state index contributed by atoms with van der Waals surface area (Å²) in [6, 6.07) is 15.5. The molecule has 0 spiro atoms. The number of aromatic nitrogens is 3. The lowest BCUT2D eigenvalue weighted by Gasteiger charge is -2.15. The van der Waals surface area contributed by atoms with Gasteiger partial charge in [0.2, 0.25) is 10.0 Å². The smallest absolute Gasteiger partial charge is 0.270 e. The summed E-state index contributed by atoms with van der Waals surface area (Å²) in [4.78, 5) is 18.0. The van der Waals surface area contributed by atoms with Crippen molar-refractivity contribution < 1.29 is 17.7 Å². The number of benzene rings is 2. The summed E-state index contributed by atoms with van der Waals surface area (Å²) >= 11 is 0. The summed E-state index contributed by atoms with van der Waals surface area (Å²) in [6.45, 7) is 12.0. The zero-order valence-corrected chi connectivity index (χ0v) is 25.4. The van der Waals surface area contributed by atoms with E-state index in [-0.39, 0.29) is 23.5 Å². The number of aryl methyl sites for hydroxylation is 3. The molecule has 218 valence electrons. The van der Waals surface area contributed by atoms with E-state index in [0.717, 1.165) is 41.1 Å². The van der Waals surface area contributed by atoms with Crippen LogP contribution in [0.15, 0.2) is 53.1 Å². The molecule has 4 rings (SSSR count). The number of hydrogen-bond donors (Lipinski definition) is 2. The molecule has 0 aliphatic heterocycles.